The number of ether oxygens (including phenoxy) is 1. The van der Waals surface area contributed by atoms with Crippen LogP contribution in [0.1, 0.15) is 14.7 Å². The van der Waals surface area contributed by atoms with E-state index >= 15 is 0 Å². The Kier molecular flexibility index (Phi) is 3.19. The largest absolute Gasteiger partial charge is 0.496 e. The summed E-state index contributed by atoms with van der Waals surface area (Å²) in [6.45, 7) is 1.80. The molecule has 0 unspecified atom stereocenters. The molecular weight excluding hydrogens is 241 g/mol. The number of hydrogen-bond donors (Lipinski definition) is 0. The van der Waals surface area contributed by atoms with Crippen molar-refractivity contribution in [2.24, 2.45) is 0 Å². The molecule has 0 saturated heterocycles. The highest BCUT2D eigenvalue weighted by atomic mass is 32.1. The fourth-order valence-electron chi connectivity index (χ4n) is 1.58. The first-order chi connectivity index (χ1) is 8.15. The van der Waals surface area contributed by atoms with Crippen molar-refractivity contribution in [2.75, 3.05) is 7.11 Å². The molecule has 0 N–H and O–H groups in total. The molecule has 0 amide bonds. The maximum atomic E-state index is 13.2. The van der Waals surface area contributed by atoms with Crippen LogP contribution in [0, 0.1) is 12.7 Å². The van der Waals surface area contributed by atoms with Gasteiger partial charge in [-0.1, -0.05) is 0 Å². The van der Waals surface area contributed by atoms with E-state index in [-0.39, 0.29) is 5.82 Å². The van der Waals surface area contributed by atoms with Crippen molar-refractivity contribution in [3.05, 3.63) is 33.9 Å². The van der Waals surface area contributed by atoms with E-state index in [9.17, 15) is 9.18 Å². The summed E-state index contributed by atoms with van der Waals surface area (Å²) in [5.74, 6) is 0.114. The van der Waals surface area contributed by atoms with Crippen LogP contribution in [-0.4, -0.2) is 18.4 Å². The molecule has 2 rings (SSSR count). The highest BCUT2D eigenvalue weighted by Gasteiger charge is 2.15. The molecule has 0 fully saturated rings. The summed E-state index contributed by atoms with van der Waals surface area (Å²) in [5, 5.41) is 0.758. The molecule has 0 radical (unpaired) electrons. The number of aryl methyl sites for hydroxylation is 1. The summed E-state index contributed by atoms with van der Waals surface area (Å²) in [4.78, 5) is 15.7. The van der Waals surface area contributed by atoms with Gasteiger partial charge in [-0.15, -0.1) is 11.3 Å². The summed E-state index contributed by atoms with van der Waals surface area (Å²) in [7, 11) is 1.50. The highest BCUT2D eigenvalue weighted by Crippen LogP contribution is 2.34. The topological polar surface area (TPSA) is 39.2 Å². The van der Waals surface area contributed by atoms with Gasteiger partial charge in [0.1, 0.15) is 11.6 Å². The highest BCUT2D eigenvalue weighted by molar-refractivity contribution is 7.13. The van der Waals surface area contributed by atoms with Crippen molar-refractivity contribution in [1.29, 1.82) is 0 Å². The van der Waals surface area contributed by atoms with Gasteiger partial charge in [0, 0.05) is 5.56 Å². The molecule has 0 bridgehead atoms. The minimum absolute atomic E-state index is 0.386. The fourth-order valence-corrected chi connectivity index (χ4v) is 2.34. The van der Waals surface area contributed by atoms with Gasteiger partial charge >= 0.3 is 0 Å². The second-order valence-corrected chi connectivity index (χ2v) is 4.64. The normalized spacial score (nSPS) is 10.3. The molecule has 88 valence electrons. The Morgan fingerprint density at radius 2 is 2.24 bits per heavy atom. The minimum Gasteiger partial charge on any atom is -0.496 e. The second kappa shape index (κ2) is 4.63. The molecule has 0 atom stereocenters. The zero-order valence-electron chi connectivity index (χ0n) is 9.36. The van der Waals surface area contributed by atoms with Crippen molar-refractivity contribution in [3.63, 3.8) is 0 Å². The van der Waals surface area contributed by atoms with Gasteiger partial charge in [-0.25, -0.2) is 9.37 Å². The number of hydrogen-bond acceptors (Lipinski definition) is 4. The van der Waals surface area contributed by atoms with Gasteiger partial charge in [0.15, 0.2) is 6.29 Å². The summed E-state index contributed by atoms with van der Waals surface area (Å²) in [6, 6.07) is 4.15. The average molecular weight is 251 g/mol. The number of methoxy groups -OCH3 is 1. The first-order valence-electron chi connectivity index (χ1n) is 4.92. The third kappa shape index (κ3) is 2.19. The van der Waals surface area contributed by atoms with E-state index in [1.54, 1.807) is 6.92 Å². The Morgan fingerprint density at radius 1 is 1.47 bits per heavy atom. The number of halogens is 1. The molecule has 0 aliphatic rings. The number of aldehydes is 1. The third-order valence-corrected chi connectivity index (χ3v) is 3.18. The molecule has 1 aromatic heterocycles. The second-order valence-electron chi connectivity index (χ2n) is 3.41. The van der Waals surface area contributed by atoms with Crippen LogP contribution < -0.4 is 4.74 Å². The van der Waals surface area contributed by atoms with Gasteiger partial charge in [0.25, 0.3) is 0 Å². The lowest BCUT2D eigenvalue weighted by Crippen LogP contribution is -1.91. The average Bonchev–Trinajstić information content (AvgIpc) is 2.70. The van der Waals surface area contributed by atoms with E-state index in [1.807, 2.05) is 0 Å². The summed E-state index contributed by atoms with van der Waals surface area (Å²) in [5.41, 5.74) is 0.970. The molecule has 2 aromatic rings. The Labute approximate surface area is 102 Å². The molecule has 0 spiro atoms. The zero-order valence-corrected chi connectivity index (χ0v) is 10.2. The summed E-state index contributed by atoms with van der Waals surface area (Å²) in [6.07, 6.45) is 0.727. The van der Waals surface area contributed by atoms with Crippen molar-refractivity contribution in [3.8, 4) is 17.0 Å². The molecule has 0 saturated carbocycles. The van der Waals surface area contributed by atoms with Gasteiger partial charge in [-0.05, 0) is 25.1 Å². The van der Waals surface area contributed by atoms with Crippen LogP contribution >= 0.6 is 11.3 Å². The van der Waals surface area contributed by atoms with Crippen LogP contribution in [0.25, 0.3) is 11.3 Å². The van der Waals surface area contributed by atoms with Gasteiger partial charge < -0.3 is 4.74 Å². The van der Waals surface area contributed by atoms with Gasteiger partial charge in [-0.2, -0.15) is 0 Å². The lowest BCUT2D eigenvalue weighted by molar-refractivity contribution is 0.112. The van der Waals surface area contributed by atoms with Crippen molar-refractivity contribution >= 4 is 17.6 Å². The van der Waals surface area contributed by atoms with Crippen LogP contribution in [0.2, 0.25) is 0 Å². The van der Waals surface area contributed by atoms with Crippen LogP contribution in [0.4, 0.5) is 4.39 Å². The molecule has 0 aliphatic carbocycles. The lowest BCUT2D eigenvalue weighted by Gasteiger charge is -2.06. The van der Waals surface area contributed by atoms with E-state index in [0.717, 1.165) is 11.3 Å². The standard InChI is InChI=1S/C12H10FNO2S/c1-7-14-12(11(6-15)17-7)9-5-8(13)3-4-10(9)16-2/h3-6H,1-2H3. The molecule has 17 heavy (non-hydrogen) atoms. The molecular formula is C12H10FNO2S. The quantitative estimate of drug-likeness (QED) is 0.787. The number of nitrogens with zero attached hydrogens (tertiary/aromatic N) is 1. The van der Waals surface area contributed by atoms with Crippen LogP contribution in [0.3, 0.4) is 0 Å². The molecule has 3 nitrogen and oxygen atoms in total. The molecule has 1 heterocycles. The number of aromatic nitrogens is 1. The van der Waals surface area contributed by atoms with E-state index < -0.39 is 0 Å². The predicted molar refractivity (Wildman–Crippen MR) is 64.2 cm³/mol. The Hall–Kier alpha value is -1.75. The van der Waals surface area contributed by atoms with Gasteiger partial charge in [-0.3, -0.25) is 4.79 Å². The number of thiazole rings is 1. The lowest BCUT2D eigenvalue weighted by atomic mass is 10.1. The fraction of sp³-hybridized carbons (Fsp3) is 0.167. The Morgan fingerprint density at radius 3 is 2.88 bits per heavy atom. The van der Waals surface area contributed by atoms with E-state index in [0.29, 0.717) is 21.9 Å². The van der Waals surface area contributed by atoms with E-state index in [1.165, 1.54) is 36.6 Å². The van der Waals surface area contributed by atoms with Gasteiger partial charge in [0.05, 0.1) is 22.7 Å². The number of rotatable bonds is 3. The first kappa shape index (κ1) is 11.7. The summed E-state index contributed by atoms with van der Waals surface area (Å²) < 4.78 is 18.4. The van der Waals surface area contributed by atoms with Crippen molar-refractivity contribution < 1.29 is 13.9 Å². The molecule has 1 aromatic carbocycles. The molecule has 5 heteroatoms. The summed E-state index contributed by atoms with van der Waals surface area (Å²) >= 11 is 1.28. The third-order valence-electron chi connectivity index (χ3n) is 2.28. The van der Waals surface area contributed by atoms with Crippen molar-refractivity contribution in [1.82, 2.24) is 4.98 Å². The maximum absolute atomic E-state index is 13.2. The Balaban J connectivity index is 2.65. The number of carbonyl (C=O) groups excluding carboxylic acids is 1. The molecule has 0 aliphatic heterocycles. The first-order valence-corrected chi connectivity index (χ1v) is 5.74. The van der Waals surface area contributed by atoms with Gasteiger partial charge in [0.2, 0.25) is 0 Å². The maximum Gasteiger partial charge on any atom is 0.162 e. The van der Waals surface area contributed by atoms with Crippen molar-refractivity contribution in [2.45, 2.75) is 6.92 Å². The van der Waals surface area contributed by atoms with Crippen LogP contribution in [0.15, 0.2) is 18.2 Å². The van der Waals surface area contributed by atoms with Crippen LogP contribution in [0.5, 0.6) is 5.75 Å². The zero-order chi connectivity index (χ0) is 12.4. The minimum atomic E-state index is -0.386. The SMILES string of the molecule is COc1ccc(F)cc1-c1nc(C)sc1C=O. The monoisotopic (exact) mass is 251 g/mol. The predicted octanol–water partition coefficient (Wildman–Crippen LogP) is 3.08. The van der Waals surface area contributed by atoms with E-state index in [4.69, 9.17) is 4.74 Å². The number of benzene rings is 1. The smallest absolute Gasteiger partial charge is 0.162 e. The number of carbonyl (C=O) groups is 1. The Bertz CT molecular complexity index is 566. The van der Waals surface area contributed by atoms with Crippen LogP contribution in [-0.2, 0) is 0 Å². The van der Waals surface area contributed by atoms with E-state index in [2.05, 4.69) is 4.98 Å².